The Morgan fingerprint density at radius 2 is 2.10 bits per heavy atom. The average molecular weight is 275 g/mol. The molecule has 0 spiro atoms. The van der Waals surface area contributed by atoms with Crippen molar-refractivity contribution in [3.8, 4) is 5.75 Å². The molecule has 1 unspecified atom stereocenters. The number of benzene rings is 1. The molecule has 0 bridgehead atoms. The van der Waals surface area contributed by atoms with Gasteiger partial charge in [0.05, 0.1) is 5.56 Å². The predicted molar refractivity (Wildman–Crippen MR) is 76.8 cm³/mol. The normalized spacial score (nSPS) is 18.9. The number of phenolic OH excluding ortho intramolecular Hbond substituents is 1. The number of nitrogens with zero attached hydrogens (tertiary/aromatic N) is 1. The number of Topliss-reactive ketones (excluding diaryl/α,β-unsaturated/α-hetero) is 1. The SMILES string of the molecule is CC(=O)CC1CCCCN1C(=O)c1ccc(C)cc1O. The molecular weight excluding hydrogens is 254 g/mol. The lowest BCUT2D eigenvalue weighted by atomic mass is 9.96. The minimum Gasteiger partial charge on any atom is -0.507 e. The molecule has 0 saturated carbocycles. The molecule has 1 saturated heterocycles. The molecule has 1 heterocycles. The molecule has 1 amide bonds. The van der Waals surface area contributed by atoms with E-state index < -0.39 is 0 Å². The van der Waals surface area contributed by atoms with E-state index in [4.69, 9.17) is 0 Å². The van der Waals surface area contributed by atoms with Crippen LogP contribution in [0.5, 0.6) is 5.75 Å². The first-order valence-corrected chi connectivity index (χ1v) is 7.09. The standard InChI is InChI=1S/C16H21NO3/c1-11-6-7-14(15(19)9-11)16(20)17-8-4-3-5-13(17)10-12(2)18/h6-7,9,13,19H,3-5,8,10H2,1-2H3. The molecule has 1 aliphatic rings. The minimum absolute atomic E-state index is 0.0159. The fraction of sp³-hybridized carbons (Fsp3) is 0.500. The summed E-state index contributed by atoms with van der Waals surface area (Å²) < 4.78 is 0. The van der Waals surface area contributed by atoms with Gasteiger partial charge in [0.1, 0.15) is 11.5 Å². The number of piperidine rings is 1. The number of phenols is 1. The first kappa shape index (κ1) is 14.6. The fourth-order valence-electron chi connectivity index (χ4n) is 2.79. The maximum Gasteiger partial charge on any atom is 0.257 e. The van der Waals surface area contributed by atoms with Gasteiger partial charge in [0.2, 0.25) is 0 Å². The number of carbonyl (C=O) groups is 2. The van der Waals surface area contributed by atoms with Crippen LogP contribution in [0, 0.1) is 6.92 Å². The van der Waals surface area contributed by atoms with Crippen molar-refractivity contribution in [1.29, 1.82) is 0 Å². The van der Waals surface area contributed by atoms with E-state index in [0.29, 0.717) is 18.5 Å². The van der Waals surface area contributed by atoms with Crippen molar-refractivity contribution in [2.75, 3.05) is 6.54 Å². The lowest BCUT2D eigenvalue weighted by Crippen LogP contribution is -2.44. The topological polar surface area (TPSA) is 57.6 Å². The molecule has 2 rings (SSSR count). The molecule has 1 aliphatic heterocycles. The van der Waals surface area contributed by atoms with Crippen LogP contribution in [0.2, 0.25) is 0 Å². The summed E-state index contributed by atoms with van der Waals surface area (Å²) in [6, 6.07) is 5.04. The van der Waals surface area contributed by atoms with Crippen molar-refractivity contribution >= 4 is 11.7 Å². The van der Waals surface area contributed by atoms with Crippen LogP contribution >= 0.6 is 0 Å². The third-order valence-electron chi connectivity index (χ3n) is 3.79. The van der Waals surface area contributed by atoms with Crippen molar-refractivity contribution in [3.05, 3.63) is 29.3 Å². The highest BCUT2D eigenvalue weighted by atomic mass is 16.3. The number of aryl methyl sites for hydroxylation is 1. The molecular formula is C16H21NO3. The van der Waals surface area contributed by atoms with Gasteiger partial charge in [0.15, 0.2) is 0 Å². The number of hydrogen-bond acceptors (Lipinski definition) is 3. The highest BCUT2D eigenvalue weighted by Gasteiger charge is 2.29. The Bertz CT molecular complexity index is 524. The van der Waals surface area contributed by atoms with Gasteiger partial charge < -0.3 is 10.0 Å². The van der Waals surface area contributed by atoms with Crippen LogP contribution in [0.1, 0.15) is 48.5 Å². The van der Waals surface area contributed by atoms with Crippen LogP contribution in [0.4, 0.5) is 0 Å². The zero-order valence-electron chi connectivity index (χ0n) is 12.1. The molecule has 0 aliphatic carbocycles. The number of ketones is 1. The number of carbonyl (C=O) groups excluding carboxylic acids is 2. The third-order valence-corrected chi connectivity index (χ3v) is 3.79. The van der Waals surface area contributed by atoms with E-state index in [0.717, 1.165) is 24.8 Å². The van der Waals surface area contributed by atoms with Gasteiger partial charge in [-0.25, -0.2) is 0 Å². The second-order valence-electron chi connectivity index (χ2n) is 5.57. The van der Waals surface area contributed by atoms with Crippen molar-refractivity contribution in [3.63, 3.8) is 0 Å². The lowest BCUT2D eigenvalue weighted by molar-refractivity contribution is -0.118. The minimum atomic E-state index is -0.173. The number of amides is 1. The van der Waals surface area contributed by atoms with E-state index in [-0.39, 0.29) is 23.5 Å². The van der Waals surface area contributed by atoms with Gasteiger partial charge in [-0.1, -0.05) is 6.07 Å². The molecule has 1 aromatic rings. The Kier molecular flexibility index (Phi) is 4.42. The summed E-state index contributed by atoms with van der Waals surface area (Å²) in [7, 11) is 0. The Hall–Kier alpha value is -1.84. The second kappa shape index (κ2) is 6.07. The van der Waals surface area contributed by atoms with Crippen LogP contribution in [0.15, 0.2) is 18.2 Å². The predicted octanol–water partition coefficient (Wildman–Crippen LogP) is 2.67. The van der Waals surface area contributed by atoms with Crippen molar-refractivity contribution in [1.82, 2.24) is 4.90 Å². The quantitative estimate of drug-likeness (QED) is 0.922. The molecule has 20 heavy (non-hydrogen) atoms. The average Bonchev–Trinajstić information content (AvgIpc) is 2.38. The van der Waals surface area contributed by atoms with Gasteiger partial charge in [-0.3, -0.25) is 9.59 Å². The Balaban J connectivity index is 2.22. The molecule has 1 atom stereocenters. The number of rotatable bonds is 3. The molecule has 4 heteroatoms. The number of aromatic hydroxyl groups is 1. The zero-order valence-corrected chi connectivity index (χ0v) is 12.1. The number of likely N-dealkylation sites (tertiary alicyclic amines) is 1. The van der Waals surface area contributed by atoms with E-state index >= 15 is 0 Å². The third kappa shape index (κ3) is 3.18. The van der Waals surface area contributed by atoms with Crippen molar-refractivity contribution < 1.29 is 14.7 Å². The van der Waals surface area contributed by atoms with Crippen LogP contribution in [-0.4, -0.2) is 34.3 Å². The first-order chi connectivity index (χ1) is 9.49. The maximum atomic E-state index is 12.6. The smallest absolute Gasteiger partial charge is 0.257 e. The molecule has 1 aromatic carbocycles. The first-order valence-electron chi connectivity index (χ1n) is 7.09. The Morgan fingerprint density at radius 3 is 2.75 bits per heavy atom. The Morgan fingerprint density at radius 1 is 1.35 bits per heavy atom. The molecule has 1 fully saturated rings. The van der Waals surface area contributed by atoms with Gasteiger partial charge in [0.25, 0.3) is 5.91 Å². The summed E-state index contributed by atoms with van der Waals surface area (Å²) in [6.07, 6.45) is 3.25. The maximum absolute atomic E-state index is 12.6. The Labute approximate surface area is 119 Å². The van der Waals surface area contributed by atoms with Gasteiger partial charge in [-0.15, -0.1) is 0 Å². The van der Waals surface area contributed by atoms with Crippen molar-refractivity contribution in [2.24, 2.45) is 0 Å². The summed E-state index contributed by atoms with van der Waals surface area (Å²) in [5, 5.41) is 9.95. The zero-order chi connectivity index (χ0) is 14.7. The lowest BCUT2D eigenvalue weighted by Gasteiger charge is -2.35. The van der Waals surface area contributed by atoms with Gasteiger partial charge in [-0.2, -0.15) is 0 Å². The summed E-state index contributed by atoms with van der Waals surface area (Å²) in [5.74, 6) is -0.0570. The molecule has 0 radical (unpaired) electrons. The van der Waals surface area contributed by atoms with Gasteiger partial charge in [0, 0.05) is 19.0 Å². The van der Waals surface area contributed by atoms with Gasteiger partial charge >= 0.3 is 0 Å². The van der Waals surface area contributed by atoms with E-state index in [1.807, 2.05) is 13.0 Å². The molecule has 4 nitrogen and oxygen atoms in total. The van der Waals surface area contributed by atoms with E-state index in [9.17, 15) is 14.7 Å². The van der Waals surface area contributed by atoms with E-state index in [1.165, 1.54) is 0 Å². The molecule has 108 valence electrons. The van der Waals surface area contributed by atoms with Crippen LogP contribution in [0.3, 0.4) is 0 Å². The number of hydrogen-bond donors (Lipinski definition) is 1. The molecule has 0 aromatic heterocycles. The van der Waals surface area contributed by atoms with Crippen LogP contribution in [-0.2, 0) is 4.79 Å². The highest BCUT2D eigenvalue weighted by Crippen LogP contribution is 2.26. The van der Waals surface area contributed by atoms with Crippen LogP contribution in [0.25, 0.3) is 0 Å². The summed E-state index contributed by atoms with van der Waals surface area (Å²) in [5.41, 5.74) is 1.24. The van der Waals surface area contributed by atoms with Crippen molar-refractivity contribution in [2.45, 2.75) is 45.6 Å². The van der Waals surface area contributed by atoms with E-state index in [2.05, 4.69) is 0 Å². The van der Waals surface area contributed by atoms with E-state index in [1.54, 1.807) is 24.0 Å². The monoisotopic (exact) mass is 275 g/mol. The summed E-state index contributed by atoms with van der Waals surface area (Å²) in [6.45, 7) is 4.08. The largest absolute Gasteiger partial charge is 0.507 e. The summed E-state index contributed by atoms with van der Waals surface area (Å²) >= 11 is 0. The fourth-order valence-corrected chi connectivity index (χ4v) is 2.79. The molecule has 1 N–H and O–H groups in total. The highest BCUT2D eigenvalue weighted by molar-refractivity contribution is 5.97. The van der Waals surface area contributed by atoms with Crippen LogP contribution < -0.4 is 0 Å². The second-order valence-corrected chi connectivity index (χ2v) is 5.57. The van der Waals surface area contributed by atoms with Gasteiger partial charge in [-0.05, 0) is 50.8 Å². The summed E-state index contributed by atoms with van der Waals surface area (Å²) in [4.78, 5) is 25.7.